The van der Waals surface area contributed by atoms with Crippen molar-refractivity contribution in [3.8, 4) is 0 Å². The van der Waals surface area contributed by atoms with Crippen LogP contribution in [0.5, 0.6) is 0 Å². The minimum absolute atomic E-state index is 0.0347. The molecule has 0 aliphatic heterocycles. The predicted molar refractivity (Wildman–Crippen MR) is 90.7 cm³/mol. The Balaban J connectivity index is 1.92. The lowest BCUT2D eigenvalue weighted by atomic mass is 10.1. The van der Waals surface area contributed by atoms with Crippen molar-refractivity contribution in [1.29, 1.82) is 0 Å². The molecule has 0 amide bonds. The van der Waals surface area contributed by atoms with Gasteiger partial charge in [-0.15, -0.1) is 23.1 Å². The van der Waals surface area contributed by atoms with Gasteiger partial charge in [0, 0.05) is 11.3 Å². The highest BCUT2D eigenvalue weighted by Crippen LogP contribution is 2.32. The smallest absolute Gasteiger partial charge is 0.175 e. The van der Waals surface area contributed by atoms with Crippen molar-refractivity contribution in [2.45, 2.75) is 19.6 Å². The number of carbonyl (C=O) groups is 1. The number of Topliss-reactive ketones (excluding diaryl/α,β-unsaturated/α-hetero) is 1. The summed E-state index contributed by atoms with van der Waals surface area (Å²) >= 11 is 14.7. The molecule has 106 valence electrons. The Labute approximate surface area is 137 Å². The third kappa shape index (κ3) is 4.26. The Kier molecular flexibility index (Phi) is 5.56. The average molecular weight is 345 g/mol. The molecule has 5 heteroatoms. The van der Waals surface area contributed by atoms with Crippen molar-refractivity contribution in [3.05, 3.63) is 55.2 Å². The van der Waals surface area contributed by atoms with Gasteiger partial charge < -0.3 is 0 Å². The van der Waals surface area contributed by atoms with E-state index in [1.807, 2.05) is 0 Å². The first kappa shape index (κ1) is 15.9. The molecule has 0 saturated carbocycles. The molecule has 1 aromatic carbocycles. The minimum atomic E-state index is 0.0347. The maximum atomic E-state index is 12.0. The van der Waals surface area contributed by atoms with E-state index in [-0.39, 0.29) is 5.78 Å². The van der Waals surface area contributed by atoms with E-state index < -0.39 is 0 Å². The molecule has 2 rings (SSSR count). The van der Waals surface area contributed by atoms with E-state index in [4.69, 9.17) is 23.2 Å². The molecule has 0 aliphatic rings. The Morgan fingerprint density at radius 1 is 1.15 bits per heavy atom. The van der Waals surface area contributed by atoms with Gasteiger partial charge >= 0.3 is 0 Å². The monoisotopic (exact) mass is 344 g/mol. The summed E-state index contributed by atoms with van der Waals surface area (Å²) in [5, 5.41) is 0. The van der Waals surface area contributed by atoms with E-state index in [0.29, 0.717) is 20.0 Å². The quantitative estimate of drug-likeness (QED) is 0.638. The highest BCUT2D eigenvalue weighted by molar-refractivity contribution is 7.99. The Hall–Kier alpha value is -0.480. The van der Waals surface area contributed by atoms with Crippen LogP contribution in [-0.2, 0) is 5.75 Å². The molecule has 0 bridgehead atoms. The maximum absolute atomic E-state index is 12.0. The van der Waals surface area contributed by atoms with E-state index in [0.717, 1.165) is 5.75 Å². The fourth-order valence-electron chi connectivity index (χ4n) is 2.02. The van der Waals surface area contributed by atoms with Crippen LogP contribution in [0.15, 0.2) is 24.3 Å². The Morgan fingerprint density at radius 3 is 2.35 bits per heavy atom. The second kappa shape index (κ2) is 6.99. The molecule has 0 fully saturated rings. The van der Waals surface area contributed by atoms with Gasteiger partial charge in [0.1, 0.15) is 4.34 Å². The standard InChI is InChI=1S/C15H14Cl2OS2/c1-9-3-10(2)5-11(4-9)7-19-8-13(18)12-6-14(16)20-15(12)17/h3-6H,7-8H2,1-2H3. The van der Waals surface area contributed by atoms with Crippen molar-refractivity contribution in [3.63, 3.8) is 0 Å². The van der Waals surface area contributed by atoms with Gasteiger partial charge in [0.15, 0.2) is 5.78 Å². The van der Waals surface area contributed by atoms with E-state index in [1.54, 1.807) is 17.8 Å². The van der Waals surface area contributed by atoms with Crippen molar-refractivity contribution in [2.24, 2.45) is 0 Å². The first-order valence-electron chi connectivity index (χ1n) is 6.08. The molecule has 0 aliphatic carbocycles. The number of thiophene rings is 1. The minimum Gasteiger partial charge on any atom is -0.293 e. The van der Waals surface area contributed by atoms with Crippen LogP contribution >= 0.6 is 46.3 Å². The first-order chi connectivity index (χ1) is 9.45. The second-order valence-corrected chi connectivity index (χ2v) is 7.92. The largest absolute Gasteiger partial charge is 0.293 e. The molecule has 0 saturated heterocycles. The van der Waals surface area contributed by atoms with Crippen LogP contribution in [0.25, 0.3) is 0 Å². The van der Waals surface area contributed by atoms with Crippen LogP contribution in [0.1, 0.15) is 27.0 Å². The molecule has 1 nitrogen and oxygen atoms in total. The van der Waals surface area contributed by atoms with Crippen LogP contribution in [-0.4, -0.2) is 11.5 Å². The fraction of sp³-hybridized carbons (Fsp3) is 0.267. The van der Waals surface area contributed by atoms with Gasteiger partial charge in [-0.2, -0.15) is 0 Å². The molecule has 0 atom stereocenters. The number of ketones is 1. The number of thioether (sulfide) groups is 1. The summed E-state index contributed by atoms with van der Waals surface area (Å²) in [6.07, 6.45) is 0. The zero-order chi connectivity index (χ0) is 14.7. The van der Waals surface area contributed by atoms with Crippen molar-refractivity contribution in [1.82, 2.24) is 0 Å². The van der Waals surface area contributed by atoms with E-state index in [1.165, 1.54) is 28.0 Å². The van der Waals surface area contributed by atoms with Crippen LogP contribution in [0.2, 0.25) is 8.67 Å². The Morgan fingerprint density at radius 2 is 1.80 bits per heavy atom. The van der Waals surface area contributed by atoms with Gasteiger partial charge in [-0.3, -0.25) is 4.79 Å². The molecule has 0 unspecified atom stereocenters. The van der Waals surface area contributed by atoms with E-state index in [2.05, 4.69) is 32.0 Å². The summed E-state index contributed by atoms with van der Waals surface area (Å²) in [6, 6.07) is 8.10. The summed E-state index contributed by atoms with van der Waals surface area (Å²) in [4.78, 5) is 12.0. The van der Waals surface area contributed by atoms with Gasteiger partial charge in [0.25, 0.3) is 0 Å². The summed E-state index contributed by atoms with van der Waals surface area (Å²) in [6.45, 7) is 4.17. The molecule has 1 aromatic heterocycles. The third-order valence-electron chi connectivity index (χ3n) is 2.74. The molecule has 0 radical (unpaired) electrons. The first-order valence-corrected chi connectivity index (χ1v) is 8.81. The highest BCUT2D eigenvalue weighted by atomic mass is 35.5. The lowest BCUT2D eigenvalue weighted by molar-refractivity contribution is 0.102. The number of hydrogen-bond donors (Lipinski definition) is 0. The van der Waals surface area contributed by atoms with Gasteiger partial charge in [-0.05, 0) is 25.5 Å². The van der Waals surface area contributed by atoms with Gasteiger partial charge in [-0.1, -0.05) is 52.5 Å². The maximum Gasteiger partial charge on any atom is 0.175 e. The molecule has 20 heavy (non-hydrogen) atoms. The van der Waals surface area contributed by atoms with Crippen LogP contribution < -0.4 is 0 Å². The Bertz CT molecular complexity index is 615. The summed E-state index contributed by atoms with van der Waals surface area (Å²) < 4.78 is 1.03. The van der Waals surface area contributed by atoms with Crippen molar-refractivity contribution >= 4 is 52.1 Å². The topological polar surface area (TPSA) is 17.1 Å². The summed E-state index contributed by atoms with van der Waals surface area (Å²) in [7, 11) is 0. The van der Waals surface area contributed by atoms with E-state index >= 15 is 0 Å². The summed E-state index contributed by atoms with van der Waals surface area (Å²) in [5.41, 5.74) is 4.28. The average Bonchev–Trinajstić information content (AvgIpc) is 2.67. The molecular weight excluding hydrogens is 331 g/mol. The van der Waals surface area contributed by atoms with Crippen LogP contribution in [0.3, 0.4) is 0 Å². The van der Waals surface area contributed by atoms with Crippen molar-refractivity contribution in [2.75, 3.05) is 5.75 Å². The predicted octanol–water partition coefficient (Wildman–Crippen LogP) is 5.79. The SMILES string of the molecule is Cc1cc(C)cc(CSCC(=O)c2cc(Cl)sc2Cl)c1. The lowest BCUT2D eigenvalue weighted by Gasteiger charge is -2.04. The number of aryl methyl sites for hydroxylation is 2. The zero-order valence-corrected chi connectivity index (χ0v) is 14.3. The van der Waals surface area contributed by atoms with Gasteiger partial charge in [-0.25, -0.2) is 0 Å². The normalized spacial score (nSPS) is 10.8. The molecule has 0 spiro atoms. The van der Waals surface area contributed by atoms with Crippen LogP contribution in [0.4, 0.5) is 0 Å². The highest BCUT2D eigenvalue weighted by Gasteiger charge is 2.14. The van der Waals surface area contributed by atoms with E-state index in [9.17, 15) is 4.79 Å². The molecule has 0 N–H and O–H groups in total. The van der Waals surface area contributed by atoms with Gasteiger partial charge in [0.05, 0.1) is 10.1 Å². The number of benzene rings is 1. The number of rotatable bonds is 5. The number of carbonyl (C=O) groups excluding carboxylic acids is 1. The molecular formula is C15H14Cl2OS2. The van der Waals surface area contributed by atoms with Crippen molar-refractivity contribution < 1.29 is 4.79 Å². The zero-order valence-electron chi connectivity index (χ0n) is 11.2. The van der Waals surface area contributed by atoms with Crippen LogP contribution in [0, 0.1) is 13.8 Å². The fourth-order valence-corrected chi connectivity index (χ4v) is 4.37. The number of hydrogen-bond acceptors (Lipinski definition) is 3. The summed E-state index contributed by atoms with van der Waals surface area (Å²) in [5.74, 6) is 1.27. The second-order valence-electron chi connectivity index (χ2n) is 4.65. The molecule has 1 heterocycles. The molecule has 2 aromatic rings. The lowest BCUT2D eigenvalue weighted by Crippen LogP contribution is -2.01. The number of halogens is 2. The third-order valence-corrected chi connectivity index (χ3v) is 5.23. The van der Waals surface area contributed by atoms with Gasteiger partial charge in [0.2, 0.25) is 0 Å².